The summed E-state index contributed by atoms with van der Waals surface area (Å²) in [6, 6.07) is 0. The molecule has 0 spiro atoms. The number of esters is 1. The topological polar surface area (TPSA) is 157 Å². The van der Waals surface area contributed by atoms with Crippen LogP contribution in [0.4, 0.5) is 0 Å². The lowest BCUT2D eigenvalue weighted by atomic mass is 9.50. The Morgan fingerprint density at radius 3 is 2.28 bits per heavy atom. The molecule has 144 valence electrons. The second-order valence-corrected chi connectivity index (χ2v) is 8.22. The van der Waals surface area contributed by atoms with Gasteiger partial charge in [0.1, 0.15) is 17.3 Å². The summed E-state index contributed by atoms with van der Waals surface area (Å²) in [6.07, 6.45) is -6.10. The Hall–Kier alpha value is -0.810. The van der Waals surface area contributed by atoms with E-state index in [0.29, 0.717) is 0 Å². The molecule has 3 fully saturated rings. The van der Waals surface area contributed by atoms with E-state index < -0.39 is 71.0 Å². The molecule has 1 saturated heterocycles. The van der Waals surface area contributed by atoms with Crippen LogP contribution in [0.15, 0.2) is 0 Å². The summed E-state index contributed by atoms with van der Waals surface area (Å²) in [5.41, 5.74) is -7.90. The lowest BCUT2D eigenvalue weighted by Gasteiger charge is -2.59. The summed E-state index contributed by atoms with van der Waals surface area (Å²) in [4.78, 5) is 12.5. The van der Waals surface area contributed by atoms with E-state index >= 15 is 0 Å². The second kappa shape index (κ2) is 5.13. The highest BCUT2D eigenvalue weighted by Crippen LogP contribution is 2.67. The average molecular weight is 362 g/mol. The van der Waals surface area contributed by atoms with E-state index in [4.69, 9.17) is 9.47 Å². The Bertz CT molecular complexity index is 589. The third kappa shape index (κ3) is 1.79. The molecule has 3 rings (SSSR count). The maximum absolute atomic E-state index is 12.5. The molecule has 9 atom stereocenters. The number of hydrogen-bond donors (Lipinski definition) is 6. The van der Waals surface area contributed by atoms with Crippen LogP contribution >= 0.6 is 0 Å². The zero-order valence-corrected chi connectivity index (χ0v) is 14.6. The molecule has 0 radical (unpaired) electrons. The Labute approximate surface area is 144 Å². The molecule has 25 heavy (non-hydrogen) atoms. The number of rotatable bonds is 3. The number of aliphatic hydroxyl groups excluding tert-OH is 3. The van der Waals surface area contributed by atoms with Crippen LogP contribution < -0.4 is 0 Å². The summed E-state index contributed by atoms with van der Waals surface area (Å²) >= 11 is 0. The van der Waals surface area contributed by atoms with E-state index in [9.17, 15) is 35.4 Å². The molecular weight excluding hydrogens is 336 g/mol. The van der Waals surface area contributed by atoms with Crippen molar-refractivity contribution < 1.29 is 44.9 Å². The maximum atomic E-state index is 12.5. The Kier molecular flexibility index (Phi) is 3.89. The van der Waals surface area contributed by atoms with Gasteiger partial charge in [-0.1, -0.05) is 6.92 Å². The smallest absolute Gasteiger partial charge is 0.313 e. The molecule has 3 aliphatic rings. The Morgan fingerprint density at radius 1 is 1.28 bits per heavy atom. The second-order valence-electron chi connectivity index (χ2n) is 8.22. The quantitative estimate of drug-likeness (QED) is 0.291. The molecule has 1 heterocycles. The van der Waals surface area contributed by atoms with Crippen molar-refractivity contribution >= 4 is 5.97 Å². The highest BCUT2D eigenvalue weighted by molar-refractivity contribution is 5.79. The van der Waals surface area contributed by atoms with Crippen molar-refractivity contribution in [2.24, 2.45) is 17.3 Å². The SMILES string of the molecule is COC1C(O)C(C(C)(C)O)C2C(=O)OC3C(O)C(O)(CO)C1(C)C32O. The van der Waals surface area contributed by atoms with Gasteiger partial charge in [0.15, 0.2) is 6.10 Å². The van der Waals surface area contributed by atoms with Gasteiger partial charge in [-0.05, 0) is 13.8 Å². The molecule has 0 amide bonds. The highest BCUT2D eigenvalue weighted by Gasteiger charge is 2.87. The predicted molar refractivity (Wildman–Crippen MR) is 81.1 cm³/mol. The number of aliphatic hydroxyl groups is 6. The fourth-order valence-electron chi connectivity index (χ4n) is 5.55. The van der Waals surface area contributed by atoms with Crippen LogP contribution in [0.25, 0.3) is 0 Å². The van der Waals surface area contributed by atoms with Crippen LogP contribution in [0, 0.1) is 17.3 Å². The minimum Gasteiger partial charge on any atom is -0.456 e. The summed E-state index contributed by atoms with van der Waals surface area (Å²) in [5.74, 6) is -3.49. The van der Waals surface area contributed by atoms with Crippen LogP contribution in [0.1, 0.15) is 20.8 Å². The molecular formula is C16H26O9. The first-order valence-electron chi connectivity index (χ1n) is 8.21. The molecule has 0 aromatic heterocycles. The lowest BCUT2D eigenvalue weighted by molar-refractivity contribution is -0.298. The Morgan fingerprint density at radius 2 is 1.84 bits per heavy atom. The monoisotopic (exact) mass is 362 g/mol. The number of methoxy groups -OCH3 is 1. The number of hydrogen-bond acceptors (Lipinski definition) is 9. The van der Waals surface area contributed by atoms with Crippen molar-refractivity contribution in [1.29, 1.82) is 0 Å². The number of carbonyl (C=O) groups is 1. The largest absolute Gasteiger partial charge is 0.456 e. The standard InChI is InChI=1S/C16H26O9/c1-13(2,21)6-7-12(20)25-11-9(19)15(22,5-17)14(3,16(7,11)23)10(24-4)8(6)18/h6-11,17-19,21-23H,5H2,1-4H3. The molecule has 0 aromatic rings. The van der Waals surface area contributed by atoms with Gasteiger partial charge in [0.25, 0.3) is 0 Å². The van der Waals surface area contributed by atoms with Crippen LogP contribution in [0.5, 0.6) is 0 Å². The lowest BCUT2D eigenvalue weighted by Crippen LogP contribution is -2.75. The van der Waals surface area contributed by atoms with Crippen LogP contribution in [0.3, 0.4) is 0 Å². The van der Waals surface area contributed by atoms with E-state index in [1.165, 1.54) is 27.9 Å². The van der Waals surface area contributed by atoms with Gasteiger partial charge >= 0.3 is 5.97 Å². The van der Waals surface area contributed by atoms with Gasteiger partial charge in [-0.2, -0.15) is 0 Å². The van der Waals surface area contributed by atoms with Crippen molar-refractivity contribution in [3.63, 3.8) is 0 Å². The summed E-state index contributed by atoms with van der Waals surface area (Å²) in [7, 11) is 1.24. The molecule has 9 heteroatoms. The first kappa shape index (κ1) is 19.0. The fraction of sp³-hybridized carbons (Fsp3) is 0.938. The number of ether oxygens (including phenoxy) is 2. The molecule has 1 aliphatic heterocycles. The van der Waals surface area contributed by atoms with Crippen LogP contribution in [-0.4, -0.2) is 91.5 Å². The van der Waals surface area contributed by atoms with E-state index in [1.54, 1.807) is 0 Å². The normalized spacial score (nSPS) is 55.2. The van der Waals surface area contributed by atoms with Crippen LogP contribution in [-0.2, 0) is 14.3 Å². The predicted octanol–water partition coefficient (Wildman–Crippen LogP) is -2.86. The third-order valence-electron chi connectivity index (χ3n) is 6.83. The molecule has 9 unspecified atom stereocenters. The fourth-order valence-corrected chi connectivity index (χ4v) is 5.55. The minimum absolute atomic E-state index is 0.890. The van der Waals surface area contributed by atoms with Crippen molar-refractivity contribution in [3.05, 3.63) is 0 Å². The van der Waals surface area contributed by atoms with Gasteiger partial charge in [0, 0.05) is 13.0 Å². The number of carbonyl (C=O) groups excluding carboxylic acids is 1. The van der Waals surface area contributed by atoms with Gasteiger partial charge in [-0.25, -0.2) is 0 Å². The molecule has 2 aliphatic carbocycles. The van der Waals surface area contributed by atoms with Gasteiger partial charge in [0.05, 0.1) is 35.7 Å². The first-order chi connectivity index (χ1) is 11.3. The molecule has 2 saturated carbocycles. The molecule has 6 N–H and O–H groups in total. The van der Waals surface area contributed by atoms with Gasteiger partial charge in [0.2, 0.25) is 0 Å². The molecule has 0 bridgehead atoms. The van der Waals surface area contributed by atoms with E-state index in [2.05, 4.69) is 0 Å². The highest BCUT2D eigenvalue weighted by atomic mass is 16.6. The first-order valence-corrected chi connectivity index (χ1v) is 8.21. The van der Waals surface area contributed by atoms with Crippen molar-refractivity contribution in [2.45, 2.75) is 62.0 Å². The van der Waals surface area contributed by atoms with E-state index in [-0.39, 0.29) is 0 Å². The summed E-state index contributed by atoms with van der Waals surface area (Å²) in [6.45, 7) is 3.14. The van der Waals surface area contributed by atoms with Gasteiger partial charge < -0.3 is 40.1 Å². The van der Waals surface area contributed by atoms with E-state index in [0.717, 1.165) is 0 Å². The third-order valence-corrected chi connectivity index (χ3v) is 6.83. The maximum Gasteiger partial charge on any atom is 0.313 e. The molecule has 0 aromatic carbocycles. The zero-order chi connectivity index (χ0) is 19.2. The van der Waals surface area contributed by atoms with Crippen molar-refractivity contribution in [1.82, 2.24) is 0 Å². The van der Waals surface area contributed by atoms with Crippen molar-refractivity contribution in [2.75, 3.05) is 13.7 Å². The summed E-state index contributed by atoms with van der Waals surface area (Å²) < 4.78 is 10.5. The minimum atomic E-state index is -2.29. The van der Waals surface area contributed by atoms with Crippen molar-refractivity contribution in [3.8, 4) is 0 Å². The van der Waals surface area contributed by atoms with E-state index in [1.807, 2.05) is 0 Å². The Balaban J connectivity index is 2.31. The zero-order valence-electron chi connectivity index (χ0n) is 14.6. The van der Waals surface area contributed by atoms with Gasteiger partial charge in [-0.15, -0.1) is 0 Å². The van der Waals surface area contributed by atoms with Crippen LogP contribution in [0.2, 0.25) is 0 Å². The van der Waals surface area contributed by atoms with Gasteiger partial charge in [-0.3, -0.25) is 4.79 Å². The average Bonchev–Trinajstić information content (AvgIpc) is 2.84. The summed E-state index contributed by atoms with van der Waals surface area (Å²) in [5, 5.41) is 64.3. The molecule has 9 nitrogen and oxygen atoms in total.